The van der Waals surface area contributed by atoms with Gasteiger partial charge in [-0.05, 0) is 24.9 Å². The number of carbonyl (C=O) groups excluding carboxylic acids is 2. The zero-order valence-corrected chi connectivity index (χ0v) is 13.9. The Morgan fingerprint density at radius 2 is 2.08 bits per heavy atom. The number of anilines is 1. The summed E-state index contributed by atoms with van der Waals surface area (Å²) in [5.74, 6) is -0.0835. The van der Waals surface area contributed by atoms with Crippen LogP contribution in [-0.2, 0) is 22.7 Å². The molecule has 0 bridgehead atoms. The minimum atomic E-state index is -0.199. The van der Waals surface area contributed by atoms with Crippen LogP contribution in [0.4, 0.5) is 5.95 Å². The molecular formula is C17H22N6O2. The minimum Gasteiger partial charge on any atom is -0.350 e. The highest BCUT2D eigenvalue weighted by Crippen LogP contribution is 2.08. The summed E-state index contributed by atoms with van der Waals surface area (Å²) in [7, 11) is 0. The quantitative estimate of drug-likeness (QED) is 0.716. The van der Waals surface area contributed by atoms with Crippen molar-refractivity contribution < 1.29 is 9.59 Å². The molecule has 1 atom stereocenters. The number of rotatable bonds is 6. The van der Waals surface area contributed by atoms with Crippen molar-refractivity contribution in [2.45, 2.75) is 38.4 Å². The Hall–Kier alpha value is -2.74. The van der Waals surface area contributed by atoms with E-state index in [-0.39, 0.29) is 30.3 Å². The highest BCUT2D eigenvalue weighted by atomic mass is 16.2. The van der Waals surface area contributed by atoms with E-state index in [4.69, 9.17) is 0 Å². The van der Waals surface area contributed by atoms with Gasteiger partial charge in [0.2, 0.25) is 17.8 Å². The number of hydrogen-bond acceptors (Lipinski definition) is 5. The van der Waals surface area contributed by atoms with Crippen LogP contribution in [0.2, 0.25) is 0 Å². The molecule has 1 aromatic heterocycles. The van der Waals surface area contributed by atoms with E-state index >= 15 is 0 Å². The molecule has 3 rings (SSSR count). The average Bonchev–Trinajstić information content (AvgIpc) is 3.08. The number of amides is 2. The Labute approximate surface area is 146 Å². The van der Waals surface area contributed by atoms with Crippen molar-refractivity contribution in [3.63, 3.8) is 0 Å². The van der Waals surface area contributed by atoms with Crippen LogP contribution in [0.1, 0.15) is 24.8 Å². The Bertz CT molecular complexity index is 709. The molecular weight excluding hydrogens is 320 g/mol. The molecule has 2 heterocycles. The molecule has 3 N–H and O–H groups in total. The molecule has 1 aliphatic rings. The average molecular weight is 342 g/mol. The highest BCUT2D eigenvalue weighted by Gasteiger charge is 2.21. The monoisotopic (exact) mass is 342 g/mol. The van der Waals surface area contributed by atoms with Crippen molar-refractivity contribution in [1.82, 2.24) is 25.4 Å². The molecule has 25 heavy (non-hydrogen) atoms. The van der Waals surface area contributed by atoms with Crippen LogP contribution < -0.4 is 16.0 Å². The third-order valence-electron chi connectivity index (χ3n) is 4.04. The maximum atomic E-state index is 12.1. The van der Waals surface area contributed by atoms with E-state index in [1.54, 1.807) is 0 Å². The largest absolute Gasteiger partial charge is 0.350 e. The zero-order valence-electron chi connectivity index (χ0n) is 13.9. The second kappa shape index (κ2) is 8.39. The first-order valence-corrected chi connectivity index (χ1v) is 8.45. The number of hydrogen-bond donors (Lipinski definition) is 3. The van der Waals surface area contributed by atoms with Gasteiger partial charge in [0, 0.05) is 6.54 Å². The van der Waals surface area contributed by atoms with E-state index in [0.717, 1.165) is 31.4 Å². The Morgan fingerprint density at radius 3 is 2.84 bits per heavy atom. The first-order chi connectivity index (χ1) is 12.2. The lowest BCUT2D eigenvalue weighted by molar-refractivity contribution is -0.122. The lowest BCUT2D eigenvalue weighted by atomic mass is 10.0. The summed E-state index contributed by atoms with van der Waals surface area (Å²) in [5, 5.41) is 12.8. The van der Waals surface area contributed by atoms with Gasteiger partial charge < -0.3 is 10.6 Å². The fraction of sp³-hybridized carbons (Fsp3) is 0.412. The summed E-state index contributed by atoms with van der Waals surface area (Å²) in [6.07, 6.45) is 4.38. The molecule has 0 saturated carbocycles. The third kappa shape index (κ3) is 5.12. The van der Waals surface area contributed by atoms with Crippen LogP contribution in [0, 0.1) is 0 Å². The molecule has 0 radical (unpaired) electrons. The number of benzene rings is 1. The van der Waals surface area contributed by atoms with Crippen molar-refractivity contribution >= 4 is 17.8 Å². The van der Waals surface area contributed by atoms with E-state index in [2.05, 4.69) is 26.0 Å². The molecule has 0 spiro atoms. The molecule has 1 aliphatic heterocycles. The second-order valence-corrected chi connectivity index (χ2v) is 6.02. The molecule has 0 aliphatic carbocycles. The van der Waals surface area contributed by atoms with Crippen LogP contribution in [0.25, 0.3) is 0 Å². The van der Waals surface area contributed by atoms with E-state index in [1.807, 2.05) is 30.3 Å². The molecule has 2 amide bonds. The van der Waals surface area contributed by atoms with Gasteiger partial charge in [0.15, 0.2) is 0 Å². The van der Waals surface area contributed by atoms with Crippen LogP contribution in [0.15, 0.2) is 36.7 Å². The van der Waals surface area contributed by atoms with Crippen LogP contribution >= 0.6 is 0 Å². The molecule has 2 aromatic rings. The summed E-state index contributed by atoms with van der Waals surface area (Å²) in [6.45, 7) is 1.37. The summed E-state index contributed by atoms with van der Waals surface area (Å²) >= 11 is 0. The predicted octanol–water partition coefficient (Wildman–Crippen LogP) is 0.675. The van der Waals surface area contributed by atoms with E-state index in [0.29, 0.717) is 6.54 Å². The number of piperidine rings is 1. The summed E-state index contributed by atoms with van der Waals surface area (Å²) in [6, 6.07) is 9.48. The fourth-order valence-electron chi connectivity index (χ4n) is 2.70. The Morgan fingerprint density at radius 1 is 1.24 bits per heavy atom. The van der Waals surface area contributed by atoms with Crippen molar-refractivity contribution in [1.29, 1.82) is 0 Å². The zero-order chi connectivity index (χ0) is 17.5. The van der Waals surface area contributed by atoms with E-state index in [9.17, 15) is 9.59 Å². The van der Waals surface area contributed by atoms with Gasteiger partial charge in [-0.15, -0.1) is 5.10 Å². The van der Waals surface area contributed by atoms with Crippen molar-refractivity contribution in [3.8, 4) is 0 Å². The Balaban J connectivity index is 1.46. The number of aromatic nitrogens is 3. The van der Waals surface area contributed by atoms with Crippen LogP contribution in [0.3, 0.4) is 0 Å². The molecule has 1 fully saturated rings. The van der Waals surface area contributed by atoms with Gasteiger partial charge >= 0.3 is 0 Å². The molecule has 8 nitrogen and oxygen atoms in total. The van der Waals surface area contributed by atoms with Crippen molar-refractivity contribution in [3.05, 3.63) is 42.2 Å². The van der Waals surface area contributed by atoms with Crippen LogP contribution in [-0.4, -0.2) is 39.2 Å². The smallest absolute Gasteiger partial charge is 0.248 e. The standard InChI is InChI=1S/C17H22N6O2/c24-15(19-10-13-6-2-1-3-7-13)11-23-12-20-17(22-23)21-16(25)14-8-4-5-9-18-14/h1-3,6-7,12,14,18H,4-5,8-11H2,(H,19,24)(H,21,22,25). The van der Waals surface area contributed by atoms with Crippen LogP contribution in [0.5, 0.6) is 0 Å². The predicted molar refractivity (Wildman–Crippen MR) is 92.6 cm³/mol. The highest BCUT2D eigenvalue weighted by molar-refractivity contribution is 5.93. The summed E-state index contributed by atoms with van der Waals surface area (Å²) in [4.78, 5) is 28.1. The first kappa shape index (κ1) is 17.1. The van der Waals surface area contributed by atoms with Crippen molar-refractivity contribution in [2.75, 3.05) is 11.9 Å². The van der Waals surface area contributed by atoms with Gasteiger partial charge in [-0.3, -0.25) is 14.9 Å². The first-order valence-electron chi connectivity index (χ1n) is 8.45. The molecule has 1 saturated heterocycles. The van der Waals surface area contributed by atoms with Gasteiger partial charge in [0.1, 0.15) is 12.9 Å². The third-order valence-corrected chi connectivity index (χ3v) is 4.04. The minimum absolute atomic E-state index is 0.0530. The number of carbonyl (C=O) groups is 2. The molecule has 1 unspecified atom stereocenters. The lowest BCUT2D eigenvalue weighted by Crippen LogP contribution is -2.43. The Kier molecular flexibility index (Phi) is 5.73. The maximum Gasteiger partial charge on any atom is 0.248 e. The topological polar surface area (TPSA) is 101 Å². The van der Waals surface area contributed by atoms with E-state index in [1.165, 1.54) is 11.0 Å². The summed E-state index contributed by atoms with van der Waals surface area (Å²) < 4.78 is 1.41. The maximum absolute atomic E-state index is 12.1. The SMILES string of the molecule is O=C(Cn1cnc(NC(=O)C2CCCCN2)n1)NCc1ccccc1. The van der Waals surface area contributed by atoms with Gasteiger partial charge in [0.25, 0.3) is 0 Å². The molecule has 1 aromatic carbocycles. The number of nitrogens with zero attached hydrogens (tertiary/aromatic N) is 3. The number of nitrogens with one attached hydrogen (secondary N) is 3. The van der Waals surface area contributed by atoms with Gasteiger partial charge in [-0.1, -0.05) is 36.8 Å². The lowest BCUT2D eigenvalue weighted by Gasteiger charge is -2.21. The second-order valence-electron chi connectivity index (χ2n) is 6.02. The van der Waals surface area contributed by atoms with Gasteiger partial charge in [0.05, 0.1) is 6.04 Å². The fourth-order valence-corrected chi connectivity index (χ4v) is 2.70. The normalized spacial score (nSPS) is 17.0. The van der Waals surface area contributed by atoms with Gasteiger partial charge in [-0.25, -0.2) is 9.67 Å². The summed E-state index contributed by atoms with van der Waals surface area (Å²) in [5.41, 5.74) is 1.03. The van der Waals surface area contributed by atoms with E-state index < -0.39 is 0 Å². The molecule has 8 heteroatoms. The van der Waals surface area contributed by atoms with Crippen molar-refractivity contribution in [2.24, 2.45) is 0 Å². The van der Waals surface area contributed by atoms with Gasteiger partial charge in [-0.2, -0.15) is 0 Å². The molecule has 132 valence electrons.